The molecule has 1 aliphatic rings. The normalized spacial score (nSPS) is 19.9. The van der Waals surface area contributed by atoms with Gasteiger partial charge in [0.1, 0.15) is 0 Å². The summed E-state index contributed by atoms with van der Waals surface area (Å²) >= 11 is 1.74. The molecule has 1 aromatic heterocycles. The Kier molecular flexibility index (Phi) is 4.05. The van der Waals surface area contributed by atoms with Crippen LogP contribution < -0.4 is 5.32 Å². The molecular weight excluding hydrogens is 232 g/mol. The summed E-state index contributed by atoms with van der Waals surface area (Å²) in [7, 11) is 0. The molecule has 0 bridgehead atoms. The number of amides is 2. The van der Waals surface area contributed by atoms with Gasteiger partial charge in [0, 0.05) is 18.0 Å². The van der Waals surface area contributed by atoms with Gasteiger partial charge in [0.2, 0.25) is 0 Å². The summed E-state index contributed by atoms with van der Waals surface area (Å²) in [6.07, 6.45) is 2.20. The van der Waals surface area contributed by atoms with E-state index in [2.05, 4.69) is 36.7 Å². The lowest BCUT2D eigenvalue weighted by molar-refractivity contribution is 0.192. The number of nitrogens with zero attached hydrogens (tertiary/aromatic N) is 1. The molecule has 3 nitrogen and oxygen atoms in total. The lowest BCUT2D eigenvalue weighted by Crippen LogP contribution is -2.40. The summed E-state index contributed by atoms with van der Waals surface area (Å²) in [5.74, 6) is 0.502. The second-order valence-electron chi connectivity index (χ2n) is 4.95. The van der Waals surface area contributed by atoms with Gasteiger partial charge in [-0.25, -0.2) is 4.79 Å². The quantitative estimate of drug-likeness (QED) is 0.880. The standard InChI is InChI=1S/C13H20N2OS/c1-10(2)9-14-13(16)15-7-3-5-11(15)12-6-4-8-17-12/h4,6,8,10-11H,3,5,7,9H2,1-2H3,(H,14,16)/t11-/m0/s1. The molecule has 1 saturated heterocycles. The average molecular weight is 252 g/mol. The molecule has 1 aliphatic heterocycles. The highest BCUT2D eigenvalue weighted by Crippen LogP contribution is 2.34. The van der Waals surface area contributed by atoms with E-state index in [0.717, 1.165) is 25.9 Å². The lowest BCUT2D eigenvalue weighted by Gasteiger charge is -2.24. The highest BCUT2D eigenvalue weighted by Gasteiger charge is 2.30. The Hall–Kier alpha value is -1.03. The molecule has 4 heteroatoms. The fraction of sp³-hybridized carbons (Fsp3) is 0.615. The van der Waals surface area contributed by atoms with E-state index >= 15 is 0 Å². The third-order valence-electron chi connectivity index (χ3n) is 3.05. The van der Waals surface area contributed by atoms with Crippen LogP contribution in [0.25, 0.3) is 0 Å². The molecular formula is C13H20N2OS. The molecule has 94 valence electrons. The van der Waals surface area contributed by atoms with E-state index < -0.39 is 0 Å². The summed E-state index contributed by atoms with van der Waals surface area (Å²) in [5, 5.41) is 5.09. The van der Waals surface area contributed by atoms with E-state index in [9.17, 15) is 4.79 Å². The molecule has 0 unspecified atom stereocenters. The van der Waals surface area contributed by atoms with Crippen LogP contribution in [0.4, 0.5) is 4.79 Å². The van der Waals surface area contributed by atoms with Crippen LogP contribution in [0.15, 0.2) is 17.5 Å². The minimum Gasteiger partial charge on any atom is -0.338 e. The van der Waals surface area contributed by atoms with Crippen molar-refractivity contribution in [3.63, 3.8) is 0 Å². The van der Waals surface area contributed by atoms with Gasteiger partial charge in [-0.1, -0.05) is 19.9 Å². The van der Waals surface area contributed by atoms with Crippen LogP contribution in [0.5, 0.6) is 0 Å². The second-order valence-corrected chi connectivity index (χ2v) is 5.93. The van der Waals surface area contributed by atoms with Crippen LogP contribution in [0.2, 0.25) is 0 Å². The van der Waals surface area contributed by atoms with Gasteiger partial charge in [-0.15, -0.1) is 11.3 Å². The molecule has 1 atom stereocenters. The van der Waals surface area contributed by atoms with Crippen molar-refractivity contribution < 1.29 is 4.79 Å². The van der Waals surface area contributed by atoms with Crippen molar-refractivity contribution in [1.29, 1.82) is 0 Å². The minimum atomic E-state index is 0.0922. The Morgan fingerprint density at radius 1 is 1.65 bits per heavy atom. The van der Waals surface area contributed by atoms with Crippen molar-refractivity contribution >= 4 is 17.4 Å². The fourth-order valence-corrected chi connectivity index (χ4v) is 3.05. The number of thiophene rings is 1. The number of nitrogens with one attached hydrogen (secondary N) is 1. The van der Waals surface area contributed by atoms with Crippen molar-refractivity contribution in [2.75, 3.05) is 13.1 Å². The highest BCUT2D eigenvalue weighted by molar-refractivity contribution is 7.10. The van der Waals surface area contributed by atoms with Gasteiger partial charge < -0.3 is 10.2 Å². The van der Waals surface area contributed by atoms with Crippen LogP contribution >= 0.6 is 11.3 Å². The van der Waals surface area contributed by atoms with Gasteiger partial charge in [0.05, 0.1) is 6.04 Å². The smallest absolute Gasteiger partial charge is 0.317 e. The van der Waals surface area contributed by atoms with Crippen LogP contribution in [0.1, 0.15) is 37.6 Å². The van der Waals surface area contributed by atoms with Crippen molar-refractivity contribution in [3.05, 3.63) is 22.4 Å². The van der Waals surface area contributed by atoms with Gasteiger partial charge in [-0.2, -0.15) is 0 Å². The zero-order chi connectivity index (χ0) is 12.3. The number of carbonyl (C=O) groups is 1. The third-order valence-corrected chi connectivity index (χ3v) is 4.02. The molecule has 0 radical (unpaired) electrons. The SMILES string of the molecule is CC(C)CNC(=O)N1CCC[C@H]1c1cccs1. The first-order valence-corrected chi connectivity index (χ1v) is 7.14. The first kappa shape index (κ1) is 12.4. The average Bonchev–Trinajstić information content (AvgIpc) is 2.94. The van der Waals surface area contributed by atoms with Gasteiger partial charge in [-0.3, -0.25) is 0 Å². The van der Waals surface area contributed by atoms with Crippen LogP contribution in [-0.2, 0) is 0 Å². The zero-order valence-electron chi connectivity index (χ0n) is 10.5. The van der Waals surface area contributed by atoms with Gasteiger partial charge in [0.25, 0.3) is 0 Å². The number of carbonyl (C=O) groups excluding carboxylic acids is 1. The number of rotatable bonds is 3. The molecule has 0 saturated carbocycles. The Labute approximate surface area is 107 Å². The Morgan fingerprint density at radius 3 is 3.12 bits per heavy atom. The number of likely N-dealkylation sites (tertiary alicyclic amines) is 1. The molecule has 2 heterocycles. The summed E-state index contributed by atoms with van der Waals surface area (Å²) in [6.45, 7) is 5.86. The molecule has 0 aromatic carbocycles. The van der Waals surface area contributed by atoms with E-state index in [4.69, 9.17) is 0 Å². The van der Waals surface area contributed by atoms with Gasteiger partial charge in [-0.05, 0) is 30.2 Å². The molecule has 1 N–H and O–H groups in total. The molecule has 1 fully saturated rings. The van der Waals surface area contributed by atoms with E-state index in [-0.39, 0.29) is 6.03 Å². The first-order chi connectivity index (χ1) is 8.18. The Morgan fingerprint density at radius 2 is 2.47 bits per heavy atom. The maximum Gasteiger partial charge on any atom is 0.317 e. The van der Waals surface area contributed by atoms with E-state index in [1.165, 1.54) is 4.88 Å². The maximum atomic E-state index is 12.1. The molecule has 2 amide bonds. The van der Waals surface area contributed by atoms with Crippen LogP contribution in [0.3, 0.4) is 0 Å². The van der Waals surface area contributed by atoms with Gasteiger partial charge in [0.15, 0.2) is 0 Å². The molecule has 2 rings (SSSR count). The van der Waals surface area contributed by atoms with E-state index in [1.807, 2.05) is 4.90 Å². The monoisotopic (exact) mass is 252 g/mol. The Bertz CT molecular complexity index is 362. The fourth-order valence-electron chi connectivity index (χ4n) is 2.18. The summed E-state index contributed by atoms with van der Waals surface area (Å²) in [6, 6.07) is 4.57. The number of hydrogen-bond donors (Lipinski definition) is 1. The van der Waals surface area contributed by atoms with Crippen LogP contribution in [-0.4, -0.2) is 24.0 Å². The maximum absolute atomic E-state index is 12.1. The second kappa shape index (κ2) is 5.54. The summed E-state index contributed by atoms with van der Waals surface area (Å²) in [5.41, 5.74) is 0. The minimum absolute atomic E-state index is 0.0922. The molecule has 0 spiro atoms. The summed E-state index contributed by atoms with van der Waals surface area (Å²) < 4.78 is 0. The summed E-state index contributed by atoms with van der Waals surface area (Å²) in [4.78, 5) is 15.4. The van der Waals surface area contributed by atoms with Crippen molar-refractivity contribution in [2.24, 2.45) is 5.92 Å². The topological polar surface area (TPSA) is 32.3 Å². The van der Waals surface area contributed by atoms with E-state index in [1.54, 1.807) is 11.3 Å². The van der Waals surface area contributed by atoms with Gasteiger partial charge >= 0.3 is 6.03 Å². The van der Waals surface area contributed by atoms with Crippen molar-refractivity contribution in [3.8, 4) is 0 Å². The van der Waals surface area contributed by atoms with Crippen LogP contribution in [0, 0.1) is 5.92 Å². The van der Waals surface area contributed by atoms with Crippen molar-refractivity contribution in [1.82, 2.24) is 10.2 Å². The first-order valence-electron chi connectivity index (χ1n) is 6.26. The zero-order valence-corrected chi connectivity index (χ0v) is 11.3. The molecule has 1 aromatic rings. The highest BCUT2D eigenvalue weighted by atomic mass is 32.1. The predicted octanol–water partition coefficient (Wildman–Crippen LogP) is 3.25. The lowest BCUT2D eigenvalue weighted by atomic mass is 10.2. The molecule has 0 aliphatic carbocycles. The van der Waals surface area contributed by atoms with E-state index in [0.29, 0.717) is 12.0 Å². The largest absolute Gasteiger partial charge is 0.338 e. The Balaban J connectivity index is 1.97. The molecule has 17 heavy (non-hydrogen) atoms. The number of hydrogen-bond acceptors (Lipinski definition) is 2. The van der Waals surface area contributed by atoms with Crippen molar-refractivity contribution in [2.45, 2.75) is 32.7 Å². The predicted molar refractivity (Wildman–Crippen MR) is 71.2 cm³/mol. The number of urea groups is 1. The third kappa shape index (κ3) is 3.00.